The van der Waals surface area contributed by atoms with Gasteiger partial charge in [-0.2, -0.15) is 0 Å². The smallest absolute Gasteiger partial charge is 0.182 e. The Balaban J connectivity index is 2.72. The molecule has 0 atom stereocenters. The van der Waals surface area contributed by atoms with Crippen LogP contribution in [-0.4, -0.2) is 10.9 Å². The Bertz CT molecular complexity index is 587. The zero-order valence-corrected chi connectivity index (χ0v) is 9.50. The van der Waals surface area contributed by atoms with Gasteiger partial charge in [-0.1, -0.05) is 6.07 Å². The van der Waals surface area contributed by atoms with Gasteiger partial charge in [-0.05, 0) is 32.0 Å². The molecule has 0 saturated heterocycles. The first-order chi connectivity index (χ1) is 8.06. The van der Waals surface area contributed by atoms with E-state index in [0.29, 0.717) is 23.2 Å². The van der Waals surface area contributed by atoms with E-state index in [-0.39, 0.29) is 5.69 Å². The molecule has 0 aliphatic carbocycles. The third-order valence-electron chi connectivity index (χ3n) is 2.77. The number of hydrogen-bond acceptors (Lipinski definition) is 1. The topological polar surface area (TPSA) is 22.0 Å². The van der Waals surface area contributed by atoms with Gasteiger partial charge in [-0.3, -0.25) is 4.79 Å². The van der Waals surface area contributed by atoms with E-state index < -0.39 is 11.6 Å². The van der Waals surface area contributed by atoms with Crippen LogP contribution in [0, 0.1) is 25.5 Å². The maximum absolute atomic E-state index is 13.7. The Morgan fingerprint density at radius 2 is 1.94 bits per heavy atom. The molecule has 1 aromatic carbocycles. The highest BCUT2D eigenvalue weighted by atomic mass is 19.2. The molecular weight excluding hydrogens is 224 g/mol. The summed E-state index contributed by atoms with van der Waals surface area (Å²) >= 11 is 0. The molecule has 0 bridgehead atoms. The molecule has 0 fully saturated rings. The second-order valence-corrected chi connectivity index (χ2v) is 3.85. The number of aromatic nitrogens is 1. The van der Waals surface area contributed by atoms with Crippen molar-refractivity contribution < 1.29 is 13.6 Å². The first-order valence-electron chi connectivity index (χ1n) is 5.14. The van der Waals surface area contributed by atoms with E-state index in [9.17, 15) is 13.6 Å². The lowest BCUT2D eigenvalue weighted by Gasteiger charge is -2.10. The van der Waals surface area contributed by atoms with Gasteiger partial charge in [0, 0.05) is 17.0 Å². The molecule has 0 spiro atoms. The van der Waals surface area contributed by atoms with Crippen molar-refractivity contribution in [1.82, 2.24) is 4.57 Å². The zero-order chi connectivity index (χ0) is 12.6. The number of hydrogen-bond donors (Lipinski definition) is 0. The second kappa shape index (κ2) is 4.13. The minimum Gasteiger partial charge on any atom is -0.315 e. The van der Waals surface area contributed by atoms with Crippen LogP contribution >= 0.6 is 0 Å². The van der Waals surface area contributed by atoms with Gasteiger partial charge in [0.25, 0.3) is 0 Å². The average molecular weight is 235 g/mol. The van der Waals surface area contributed by atoms with Crippen molar-refractivity contribution in [1.29, 1.82) is 0 Å². The summed E-state index contributed by atoms with van der Waals surface area (Å²) in [4.78, 5) is 10.8. The van der Waals surface area contributed by atoms with Crippen LogP contribution in [-0.2, 0) is 0 Å². The van der Waals surface area contributed by atoms with E-state index in [1.165, 1.54) is 16.7 Å². The molecular formula is C13H11F2NO. The Kier molecular flexibility index (Phi) is 2.79. The first kappa shape index (κ1) is 11.5. The van der Waals surface area contributed by atoms with Gasteiger partial charge in [0.1, 0.15) is 0 Å². The highest BCUT2D eigenvalue weighted by Gasteiger charge is 2.15. The maximum atomic E-state index is 13.7. The monoisotopic (exact) mass is 235 g/mol. The van der Waals surface area contributed by atoms with Crippen molar-refractivity contribution in [2.75, 3.05) is 0 Å². The largest absolute Gasteiger partial charge is 0.315 e. The molecule has 0 aliphatic rings. The van der Waals surface area contributed by atoms with Crippen molar-refractivity contribution in [3.05, 3.63) is 52.9 Å². The predicted octanol–water partition coefficient (Wildman–Crippen LogP) is 3.18. The van der Waals surface area contributed by atoms with Gasteiger partial charge in [0.05, 0.1) is 5.69 Å². The van der Waals surface area contributed by atoms with E-state index in [2.05, 4.69) is 0 Å². The third kappa shape index (κ3) is 1.75. The summed E-state index contributed by atoms with van der Waals surface area (Å²) in [5, 5.41) is 0. The molecule has 17 heavy (non-hydrogen) atoms. The molecule has 0 amide bonds. The van der Waals surface area contributed by atoms with E-state index >= 15 is 0 Å². The number of aryl methyl sites for hydroxylation is 1. The Morgan fingerprint density at radius 3 is 2.53 bits per heavy atom. The molecule has 0 N–H and O–H groups in total. The van der Waals surface area contributed by atoms with Crippen LogP contribution in [0.3, 0.4) is 0 Å². The number of aldehydes is 1. The quantitative estimate of drug-likeness (QED) is 0.733. The molecule has 1 heterocycles. The average Bonchev–Trinajstić information content (AvgIpc) is 2.58. The molecule has 1 aromatic heterocycles. The molecule has 4 heteroatoms. The number of nitrogens with zero attached hydrogens (tertiary/aromatic N) is 1. The molecule has 2 rings (SSSR count). The number of carbonyl (C=O) groups excluding carboxylic acids is 1. The highest BCUT2D eigenvalue weighted by Crippen LogP contribution is 2.23. The van der Waals surface area contributed by atoms with E-state index in [0.717, 1.165) is 6.07 Å². The number of benzene rings is 1. The van der Waals surface area contributed by atoms with Crippen LogP contribution in [0.4, 0.5) is 8.78 Å². The molecule has 0 radical (unpaired) electrons. The van der Waals surface area contributed by atoms with Crippen LogP contribution in [0.5, 0.6) is 0 Å². The minimum absolute atomic E-state index is 0.119. The standard InChI is InChI=1S/C13H11F2NO/c1-8-6-10(7-17)9(2)16(8)12-5-3-4-11(14)13(12)15/h3-7H,1-2H3. The SMILES string of the molecule is Cc1cc(C=O)c(C)n1-c1cccc(F)c1F. The van der Waals surface area contributed by atoms with Crippen LogP contribution in [0.2, 0.25) is 0 Å². The fourth-order valence-corrected chi connectivity index (χ4v) is 1.94. The van der Waals surface area contributed by atoms with Gasteiger partial charge < -0.3 is 4.57 Å². The summed E-state index contributed by atoms with van der Waals surface area (Å²) in [6.07, 6.45) is 0.704. The summed E-state index contributed by atoms with van der Waals surface area (Å²) < 4.78 is 28.4. The van der Waals surface area contributed by atoms with Crippen LogP contribution in [0.1, 0.15) is 21.7 Å². The summed E-state index contributed by atoms with van der Waals surface area (Å²) in [5.74, 6) is -1.81. The second-order valence-electron chi connectivity index (χ2n) is 3.85. The van der Waals surface area contributed by atoms with Crippen molar-refractivity contribution in [3.8, 4) is 5.69 Å². The highest BCUT2D eigenvalue weighted by molar-refractivity contribution is 5.77. The van der Waals surface area contributed by atoms with Gasteiger partial charge in [0.2, 0.25) is 0 Å². The lowest BCUT2D eigenvalue weighted by Crippen LogP contribution is -2.03. The fraction of sp³-hybridized carbons (Fsp3) is 0.154. The molecule has 0 saturated carbocycles. The van der Waals surface area contributed by atoms with Crippen molar-refractivity contribution in [3.63, 3.8) is 0 Å². The Morgan fingerprint density at radius 1 is 1.24 bits per heavy atom. The van der Waals surface area contributed by atoms with Crippen LogP contribution < -0.4 is 0 Å². The number of rotatable bonds is 2. The van der Waals surface area contributed by atoms with Gasteiger partial charge in [-0.15, -0.1) is 0 Å². The fourth-order valence-electron chi connectivity index (χ4n) is 1.94. The minimum atomic E-state index is -0.910. The van der Waals surface area contributed by atoms with Gasteiger partial charge in [-0.25, -0.2) is 8.78 Å². The predicted molar refractivity (Wildman–Crippen MR) is 60.5 cm³/mol. The normalized spacial score (nSPS) is 10.6. The van der Waals surface area contributed by atoms with Crippen LogP contribution in [0.15, 0.2) is 24.3 Å². The Labute approximate surface area is 97.5 Å². The third-order valence-corrected chi connectivity index (χ3v) is 2.77. The van der Waals surface area contributed by atoms with Gasteiger partial charge in [0.15, 0.2) is 17.9 Å². The zero-order valence-electron chi connectivity index (χ0n) is 9.50. The van der Waals surface area contributed by atoms with Crippen molar-refractivity contribution in [2.45, 2.75) is 13.8 Å². The van der Waals surface area contributed by atoms with Crippen molar-refractivity contribution in [2.24, 2.45) is 0 Å². The number of carbonyl (C=O) groups is 1. The first-order valence-corrected chi connectivity index (χ1v) is 5.14. The van der Waals surface area contributed by atoms with E-state index in [1.807, 2.05) is 0 Å². The van der Waals surface area contributed by atoms with E-state index in [1.54, 1.807) is 19.9 Å². The molecule has 88 valence electrons. The molecule has 0 unspecified atom stereocenters. The van der Waals surface area contributed by atoms with Crippen LogP contribution in [0.25, 0.3) is 5.69 Å². The number of halogens is 2. The Hall–Kier alpha value is -1.97. The lowest BCUT2D eigenvalue weighted by molar-refractivity contribution is 0.112. The molecule has 2 nitrogen and oxygen atoms in total. The van der Waals surface area contributed by atoms with Gasteiger partial charge >= 0.3 is 0 Å². The lowest BCUT2D eigenvalue weighted by atomic mass is 10.2. The maximum Gasteiger partial charge on any atom is 0.182 e. The van der Waals surface area contributed by atoms with Crippen molar-refractivity contribution >= 4 is 6.29 Å². The summed E-state index contributed by atoms with van der Waals surface area (Å²) in [7, 11) is 0. The summed E-state index contributed by atoms with van der Waals surface area (Å²) in [5.41, 5.74) is 1.88. The molecule has 0 aliphatic heterocycles. The van der Waals surface area contributed by atoms with E-state index in [4.69, 9.17) is 0 Å². The summed E-state index contributed by atoms with van der Waals surface area (Å²) in [6.45, 7) is 3.44. The molecule has 2 aromatic rings. The summed E-state index contributed by atoms with van der Waals surface area (Å²) in [6, 6.07) is 5.63.